The number of halogens is 1. The summed E-state index contributed by atoms with van der Waals surface area (Å²) in [6.45, 7) is 2.62. The van der Waals surface area contributed by atoms with E-state index < -0.39 is 0 Å². The number of aryl methyl sites for hydroxylation is 1. The molecule has 0 bridgehead atoms. The van der Waals surface area contributed by atoms with E-state index >= 15 is 0 Å². The number of furan rings is 1. The molecule has 3 aromatic rings. The van der Waals surface area contributed by atoms with Crippen LogP contribution < -0.4 is 5.32 Å². The second kappa shape index (κ2) is 6.53. The number of nitrogens with zero attached hydrogens (tertiary/aromatic N) is 1. The van der Waals surface area contributed by atoms with Gasteiger partial charge in [-0.2, -0.15) is 5.26 Å². The monoisotopic (exact) mass is 308 g/mol. The van der Waals surface area contributed by atoms with Gasteiger partial charge in [0.2, 0.25) is 5.76 Å². The van der Waals surface area contributed by atoms with Crippen molar-refractivity contribution < 1.29 is 8.81 Å². The van der Waals surface area contributed by atoms with Crippen LogP contribution in [0, 0.1) is 17.1 Å². The zero-order valence-corrected chi connectivity index (χ0v) is 12.9. The van der Waals surface area contributed by atoms with Gasteiger partial charge in [0.25, 0.3) is 0 Å². The summed E-state index contributed by atoms with van der Waals surface area (Å²) in [5.74, 6) is 0.138. The van der Waals surface area contributed by atoms with Crippen LogP contribution in [-0.4, -0.2) is 0 Å². The Labute approximate surface area is 134 Å². The number of hydrogen-bond acceptors (Lipinski definition) is 3. The lowest BCUT2D eigenvalue weighted by molar-refractivity contribution is 0.599. The highest BCUT2D eigenvalue weighted by Gasteiger charge is 2.05. The lowest BCUT2D eigenvalue weighted by Gasteiger charge is -2.09. The SMILES string of the molecule is CCCc1ccc(NCc2ccc3oc(C#N)cc3c2)cc1F. The van der Waals surface area contributed by atoms with Crippen molar-refractivity contribution in [3.8, 4) is 6.07 Å². The summed E-state index contributed by atoms with van der Waals surface area (Å²) in [6, 6.07) is 14.7. The number of hydrogen-bond donors (Lipinski definition) is 1. The zero-order valence-electron chi connectivity index (χ0n) is 12.9. The highest BCUT2D eigenvalue weighted by Crippen LogP contribution is 2.21. The molecule has 1 N–H and O–H groups in total. The van der Waals surface area contributed by atoms with Gasteiger partial charge in [-0.1, -0.05) is 25.5 Å². The third kappa shape index (κ3) is 3.35. The quantitative estimate of drug-likeness (QED) is 0.721. The van der Waals surface area contributed by atoms with E-state index in [1.54, 1.807) is 6.07 Å². The first-order valence-electron chi connectivity index (χ1n) is 7.64. The number of rotatable bonds is 5. The first-order valence-corrected chi connectivity index (χ1v) is 7.64. The molecular formula is C19H17FN2O. The average Bonchev–Trinajstić information content (AvgIpc) is 2.97. The van der Waals surface area contributed by atoms with Gasteiger partial charge in [-0.3, -0.25) is 0 Å². The van der Waals surface area contributed by atoms with Crippen LogP contribution in [0.25, 0.3) is 11.0 Å². The van der Waals surface area contributed by atoms with Gasteiger partial charge in [-0.15, -0.1) is 0 Å². The van der Waals surface area contributed by atoms with Crippen molar-refractivity contribution in [2.24, 2.45) is 0 Å². The molecule has 0 amide bonds. The molecule has 3 nitrogen and oxygen atoms in total. The average molecular weight is 308 g/mol. The standard InChI is InChI=1S/C19H17FN2O/c1-2-3-14-5-6-16(10-18(14)20)22-12-13-4-7-19-15(8-13)9-17(11-21)23-19/h4-10,22H,2-3,12H2,1H3. The van der Waals surface area contributed by atoms with Gasteiger partial charge in [0.15, 0.2) is 0 Å². The minimum atomic E-state index is -0.166. The van der Waals surface area contributed by atoms with E-state index in [9.17, 15) is 4.39 Å². The van der Waals surface area contributed by atoms with E-state index in [4.69, 9.17) is 9.68 Å². The van der Waals surface area contributed by atoms with E-state index in [0.29, 0.717) is 17.9 Å². The summed E-state index contributed by atoms with van der Waals surface area (Å²) in [5.41, 5.74) is 3.25. The largest absolute Gasteiger partial charge is 0.446 e. The maximum Gasteiger partial charge on any atom is 0.204 e. The fourth-order valence-electron chi connectivity index (χ4n) is 2.59. The van der Waals surface area contributed by atoms with Crippen LogP contribution in [0.1, 0.15) is 30.2 Å². The number of benzene rings is 2. The van der Waals surface area contributed by atoms with Gasteiger partial charge >= 0.3 is 0 Å². The predicted octanol–water partition coefficient (Wildman–Crippen LogP) is 5.01. The number of anilines is 1. The normalized spacial score (nSPS) is 10.7. The topological polar surface area (TPSA) is 49.0 Å². The Morgan fingerprint density at radius 2 is 2.04 bits per heavy atom. The predicted molar refractivity (Wildman–Crippen MR) is 88.7 cm³/mol. The molecule has 0 aliphatic carbocycles. The first kappa shape index (κ1) is 15.1. The van der Waals surface area contributed by atoms with E-state index in [-0.39, 0.29) is 5.82 Å². The lowest BCUT2D eigenvalue weighted by atomic mass is 10.1. The molecule has 0 radical (unpaired) electrons. The summed E-state index contributed by atoms with van der Waals surface area (Å²) < 4.78 is 19.3. The van der Waals surface area contributed by atoms with E-state index in [0.717, 1.165) is 35.0 Å². The number of nitrogens with one attached hydrogen (secondary N) is 1. The van der Waals surface area contributed by atoms with E-state index in [1.165, 1.54) is 6.07 Å². The van der Waals surface area contributed by atoms with Crippen LogP contribution in [0.3, 0.4) is 0 Å². The molecule has 2 aromatic carbocycles. The van der Waals surface area contributed by atoms with Gasteiger partial charge in [0.05, 0.1) is 0 Å². The molecule has 3 rings (SSSR count). The molecule has 0 fully saturated rings. The summed E-state index contributed by atoms with van der Waals surface area (Å²) in [5, 5.41) is 13.0. The van der Waals surface area contributed by atoms with Gasteiger partial charge < -0.3 is 9.73 Å². The Bertz CT molecular complexity index is 877. The van der Waals surface area contributed by atoms with Crippen LogP contribution in [0.15, 0.2) is 46.9 Å². The smallest absolute Gasteiger partial charge is 0.204 e. The molecular weight excluding hydrogens is 291 g/mol. The van der Waals surface area contributed by atoms with Gasteiger partial charge in [0.1, 0.15) is 17.5 Å². The van der Waals surface area contributed by atoms with Crippen molar-refractivity contribution in [2.45, 2.75) is 26.3 Å². The molecule has 0 aliphatic rings. The highest BCUT2D eigenvalue weighted by molar-refractivity contribution is 5.79. The first-order chi connectivity index (χ1) is 11.2. The second-order valence-corrected chi connectivity index (χ2v) is 5.50. The van der Waals surface area contributed by atoms with Crippen molar-refractivity contribution in [1.29, 1.82) is 5.26 Å². The zero-order chi connectivity index (χ0) is 16.2. The van der Waals surface area contributed by atoms with E-state index in [1.807, 2.05) is 43.3 Å². The van der Waals surface area contributed by atoms with Crippen molar-refractivity contribution in [2.75, 3.05) is 5.32 Å². The second-order valence-electron chi connectivity index (χ2n) is 5.50. The summed E-state index contributed by atoms with van der Waals surface area (Å²) >= 11 is 0. The molecule has 0 spiro atoms. The van der Waals surface area contributed by atoms with Crippen molar-refractivity contribution in [3.63, 3.8) is 0 Å². The number of nitriles is 1. The summed E-state index contributed by atoms with van der Waals surface area (Å²) in [4.78, 5) is 0. The maximum absolute atomic E-state index is 13.9. The van der Waals surface area contributed by atoms with E-state index in [2.05, 4.69) is 5.32 Å². The highest BCUT2D eigenvalue weighted by atomic mass is 19.1. The molecule has 4 heteroatoms. The lowest BCUT2D eigenvalue weighted by Crippen LogP contribution is -2.00. The Morgan fingerprint density at radius 3 is 2.78 bits per heavy atom. The molecule has 0 unspecified atom stereocenters. The number of fused-ring (bicyclic) bond motifs is 1. The minimum Gasteiger partial charge on any atom is -0.446 e. The molecule has 1 heterocycles. The Hall–Kier alpha value is -2.80. The van der Waals surface area contributed by atoms with Crippen molar-refractivity contribution in [3.05, 3.63) is 65.2 Å². The molecule has 0 saturated heterocycles. The third-order valence-corrected chi connectivity index (χ3v) is 3.76. The molecule has 1 aromatic heterocycles. The van der Waals surface area contributed by atoms with Crippen LogP contribution in [-0.2, 0) is 13.0 Å². The van der Waals surface area contributed by atoms with Crippen molar-refractivity contribution >= 4 is 16.7 Å². The van der Waals surface area contributed by atoms with Gasteiger partial charge in [-0.25, -0.2) is 4.39 Å². The Morgan fingerprint density at radius 1 is 1.17 bits per heavy atom. The summed E-state index contributed by atoms with van der Waals surface area (Å²) in [7, 11) is 0. The van der Waals surface area contributed by atoms with Crippen LogP contribution in [0.4, 0.5) is 10.1 Å². The Kier molecular flexibility index (Phi) is 4.29. The minimum absolute atomic E-state index is 0.166. The van der Waals surface area contributed by atoms with Crippen LogP contribution in [0.5, 0.6) is 0 Å². The molecule has 0 aliphatic heterocycles. The molecule has 0 saturated carbocycles. The Balaban J connectivity index is 1.72. The maximum atomic E-state index is 13.9. The van der Waals surface area contributed by atoms with Gasteiger partial charge in [0, 0.05) is 23.7 Å². The molecule has 0 atom stereocenters. The third-order valence-electron chi connectivity index (χ3n) is 3.76. The van der Waals surface area contributed by atoms with Crippen LogP contribution >= 0.6 is 0 Å². The molecule has 23 heavy (non-hydrogen) atoms. The summed E-state index contributed by atoms with van der Waals surface area (Å²) in [6.07, 6.45) is 1.68. The van der Waals surface area contributed by atoms with Crippen molar-refractivity contribution in [1.82, 2.24) is 0 Å². The molecule has 116 valence electrons. The fourth-order valence-corrected chi connectivity index (χ4v) is 2.59. The van der Waals surface area contributed by atoms with Gasteiger partial charge in [-0.05, 0) is 41.8 Å². The fraction of sp³-hybridized carbons (Fsp3) is 0.211. The van der Waals surface area contributed by atoms with Crippen LogP contribution in [0.2, 0.25) is 0 Å².